The highest BCUT2D eigenvalue weighted by atomic mass is 19.4. The molecule has 2 aliphatic heterocycles. The normalized spacial score (nSPS) is 26.6. The number of carbonyl (C=O) groups excluding carboxylic acids is 1. The lowest BCUT2D eigenvalue weighted by molar-refractivity contribution is -0.144. The smallest absolute Gasteiger partial charge is 0.417 e. The van der Waals surface area contributed by atoms with Crippen molar-refractivity contribution in [1.82, 2.24) is 19.7 Å². The number of likely N-dealkylation sites (tertiary alicyclic amines) is 1. The lowest BCUT2D eigenvalue weighted by atomic mass is 9.78. The van der Waals surface area contributed by atoms with E-state index in [-0.39, 0.29) is 37.4 Å². The molecule has 0 unspecified atom stereocenters. The van der Waals surface area contributed by atoms with Crippen molar-refractivity contribution >= 4 is 12.0 Å². The number of carbonyl (C=O) groups is 2. The molecule has 1 saturated heterocycles. The van der Waals surface area contributed by atoms with Gasteiger partial charge in [0.1, 0.15) is 0 Å². The molecule has 1 aromatic heterocycles. The maximum Gasteiger partial charge on any atom is 0.417 e. The molecule has 2 amide bonds. The number of fused-ring (bicyclic) bond motifs is 2. The minimum absolute atomic E-state index is 0.0126. The van der Waals surface area contributed by atoms with E-state index in [0.717, 1.165) is 12.3 Å². The molecule has 8 nitrogen and oxygen atoms in total. The van der Waals surface area contributed by atoms with Crippen LogP contribution in [0.25, 0.3) is 0 Å². The number of nitriles is 1. The van der Waals surface area contributed by atoms with Crippen molar-refractivity contribution in [1.29, 1.82) is 5.26 Å². The van der Waals surface area contributed by atoms with E-state index in [2.05, 4.69) is 11.2 Å². The summed E-state index contributed by atoms with van der Waals surface area (Å²) in [5.74, 6) is -0.435. The minimum Gasteiger partial charge on any atom is -0.465 e. The molecule has 3 aliphatic rings. The lowest BCUT2D eigenvalue weighted by Gasteiger charge is -2.40. The number of halogens is 3. The van der Waals surface area contributed by atoms with E-state index < -0.39 is 28.8 Å². The van der Waals surface area contributed by atoms with Gasteiger partial charge in [0, 0.05) is 56.1 Å². The van der Waals surface area contributed by atoms with E-state index in [9.17, 15) is 33.1 Å². The predicted molar refractivity (Wildman–Crippen MR) is 114 cm³/mol. The highest BCUT2D eigenvalue weighted by molar-refractivity contribution is 5.85. The Balaban J connectivity index is 1.63. The van der Waals surface area contributed by atoms with E-state index in [0.29, 0.717) is 37.2 Å². The second-order valence-electron chi connectivity index (χ2n) is 10.6. The van der Waals surface area contributed by atoms with Crippen molar-refractivity contribution < 1.29 is 27.9 Å². The standard InChI is InChI=1S/C23H28F3N5O3/c1-21(2,3)31(20(33)34)17-7-16-11-29(13-27)12-22(16,8-17)19(32)30-5-4-18-14(10-30)6-15(9-28-18)23(24,25)26/h6,9,16-17H,4-5,7-8,10-12H2,1-3H3,(H,33,34)/t16-,17+,22-/m0/s1. The molecule has 1 N–H and O–H groups in total. The summed E-state index contributed by atoms with van der Waals surface area (Å²) < 4.78 is 39.6. The highest BCUT2D eigenvalue weighted by Gasteiger charge is 2.60. The van der Waals surface area contributed by atoms with E-state index in [1.165, 1.54) is 9.80 Å². The van der Waals surface area contributed by atoms with Crippen molar-refractivity contribution in [2.24, 2.45) is 11.3 Å². The molecule has 3 heterocycles. The summed E-state index contributed by atoms with van der Waals surface area (Å²) in [7, 11) is 0. The maximum atomic E-state index is 13.9. The summed E-state index contributed by atoms with van der Waals surface area (Å²) in [5, 5.41) is 19.4. The number of alkyl halides is 3. The van der Waals surface area contributed by atoms with E-state index in [4.69, 9.17) is 0 Å². The summed E-state index contributed by atoms with van der Waals surface area (Å²) in [5.41, 5.74) is -1.56. The molecular formula is C23H28F3N5O3. The average Bonchev–Trinajstić information content (AvgIpc) is 3.25. The van der Waals surface area contributed by atoms with Gasteiger partial charge in [0.25, 0.3) is 0 Å². The van der Waals surface area contributed by atoms with Crippen LogP contribution in [0.5, 0.6) is 0 Å². The first-order valence-corrected chi connectivity index (χ1v) is 11.3. The molecule has 34 heavy (non-hydrogen) atoms. The molecule has 0 aromatic carbocycles. The summed E-state index contributed by atoms with van der Waals surface area (Å²) >= 11 is 0. The van der Waals surface area contributed by atoms with Crippen LogP contribution in [0.15, 0.2) is 12.3 Å². The zero-order chi connectivity index (χ0) is 25.1. The molecule has 184 valence electrons. The van der Waals surface area contributed by atoms with Gasteiger partial charge in [-0.05, 0) is 51.2 Å². The molecule has 1 aromatic rings. The van der Waals surface area contributed by atoms with Crippen molar-refractivity contribution in [3.05, 3.63) is 29.1 Å². The second-order valence-corrected chi connectivity index (χ2v) is 10.6. The largest absolute Gasteiger partial charge is 0.465 e. The van der Waals surface area contributed by atoms with Gasteiger partial charge in [-0.25, -0.2) is 4.79 Å². The molecular weight excluding hydrogens is 451 g/mol. The van der Waals surface area contributed by atoms with Crippen LogP contribution in [-0.2, 0) is 23.9 Å². The van der Waals surface area contributed by atoms with Gasteiger partial charge in [0.2, 0.25) is 5.91 Å². The van der Waals surface area contributed by atoms with Crippen LogP contribution >= 0.6 is 0 Å². The Morgan fingerprint density at radius 2 is 2.03 bits per heavy atom. The van der Waals surface area contributed by atoms with Crippen LogP contribution in [0, 0.1) is 22.8 Å². The molecule has 2 fully saturated rings. The summed E-state index contributed by atoms with van der Waals surface area (Å²) in [6.07, 6.45) is -1.58. The maximum absolute atomic E-state index is 13.9. The number of aromatic nitrogens is 1. The quantitative estimate of drug-likeness (QED) is 0.653. The third kappa shape index (κ3) is 4.03. The molecule has 3 atom stereocenters. The number of rotatable bonds is 2. The topological polar surface area (TPSA) is 101 Å². The first-order valence-electron chi connectivity index (χ1n) is 11.3. The van der Waals surface area contributed by atoms with Crippen molar-refractivity contribution in [3.63, 3.8) is 0 Å². The van der Waals surface area contributed by atoms with Crippen LogP contribution in [0.4, 0.5) is 18.0 Å². The Labute approximate surface area is 195 Å². The third-order valence-electron chi connectivity index (χ3n) is 7.37. The van der Waals surface area contributed by atoms with Gasteiger partial charge in [-0.1, -0.05) is 0 Å². The zero-order valence-corrected chi connectivity index (χ0v) is 19.4. The van der Waals surface area contributed by atoms with Gasteiger partial charge in [0.05, 0.1) is 11.0 Å². The predicted octanol–water partition coefficient (Wildman–Crippen LogP) is 3.33. The molecule has 0 spiro atoms. The summed E-state index contributed by atoms with van der Waals surface area (Å²) in [4.78, 5) is 34.4. The fourth-order valence-electron chi connectivity index (χ4n) is 6.00. The van der Waals surface area contributed by atoms with Gasteiger partial charge in [-0.2, -0.15) is 18.4 Å². The molecule has 4 rings (SSSR count). The second kappa shape index (κ2) is 8.03. The molecule has 1 saturated carbocycles. The van der Waals surface area contributed by atoms with Gasteiger partial charge in [0.15, 0.2) is 6.19 Å². The minimum atomic E-state index is -4.53. The zero-order valence-electron chi connectivity index (χ0n) is 19.4. The van der Waals surface area contributed by atoms with Crippen LogP contribution in [0.3, 0.4) is 0 Å². The third-order valence-corrected chi connectivity index (χ3v) is 7.37. The fourth-order valence-corrected chi connectivity index (χ4v) is 6.00. The Bertz CT molecular complexity index is 1050. The average molecular weight is 480 g/mol. The summed E-state index contributed by atoms with van der Waals surface area (Å²) in [6.45, 7) is 6.29. The molecule has 0 radical (unpaired) electrons. The Morgan fingerprint density at radius 1 is 1.32 bits per heavy atom. The Kier molecular flexibility index (Phi) is 5.69. The molecule has 0 bridgehead atoms. The number of nitrogens with zero attached hydrogens (tertiary/aromatic N) is 5. The molecule has 1 aliphatic carbocycles. The van der Waals surface area contributed by atoms with Crippen molar-refractivity contribution in [2.75, 3.05) is 19.6 Å². The van der Waals surface area contributed by atoms with E-state index in [1.54, 1.807) is 25.7 Å². The van der Waals surface area contributed by atoms with Gasteiger partial charge < -0.3 is 19.8 Å². The highest BCUT2D eigenvalue weighted by Crippen LogP contribution is 2.52. The Hall–Kier alpha value is -3.03. The Morgan fingerprint density at radius 3 is 2.62 bits per heavy atom. The number of pyridine rings is 1. The fraction of sp³-hybridized carbons (Fsp3) is 0.652. The SMILES string of the molecule is CC(C)(C)N(C(=O)O)[C@@H]1C[C@H]2CN(C#N)C[C@@]2(C(=O)N2CCc3ncc(C(F)(F)F)cc3C2)C1. The lowest BCUT2D eigenvalue weighted by Crippen LogP contribution is -2.52. The van der Waals surface area contributed by atoms with Crippen molar-refractivity contribution in [2.45, 2.75) is 64.3 Å². The number of carboxylic acid groups (broad SMARTS) is 1. The first kappa shape index (κ1) is 24.1. The van der Waals surface area contributed by atoms with Crippen LogP contribution in [-0.4, -0.2) is 68.0 Å². The van der Waals surface area contributed by atoms with Crippen LogP contribution < -0.4 is 0 Å². The molecule has 11 heteroatoms. The number of hydrogen-bond acceptors (Lipinski definition) is 5. The number of amides is 2. The van der Waals surface area contributed by atoms with Gasteiger partial charge in [-0.15, -0.1) is 0 Å². The van der Waals surface area contributed by atoms with E-state index >= 15 is 0 Å². The van der Waals surface area contributed by atoms with Gasteiger partial charge in [-0.3, -0.25) is 9.78 Å². The van der Waals surface area contributed by atoms with Crippen LogP contribution in [0.1, 0.15) is 50.4 Å². The first-order chi connectivity index (χ1) is 15.8. The summed E-state index contributed by atoms with van der Waals surface area (Å²) in [6, 6.07) is 0.666. The van der Waals surface area contributed by atoms with Crippen molar-refractivity contribution in [3.8, 4) is 6.19 Å². The van der Waals surface area contributed by atoms with Crippen LogP contribution in [0.2, 0.25) is 0 Å². The number of hydrogen-bond donors (Lipinski definition) is 1. The van der Waals surface area contributed by atoms with Gasteiger partial charge >= 0.3 is 12.3 Å². The van der Waals surface area contributed by atoms with E-state index in [1.807, 2.05) is 0 Å². The monoisotopic (exact) mass is 479 g/mol.